The fourth-order valence-electron chi connectivity index (χ4n) is 1.93. The third kappa shape index (κ3) is 3.70. The Bertz CT molecular complexity index is 643. The first-order valence-corrected chi connectivity index (χ1v) is 6.41. The van der Waals surface area contributed by atoms with E-state index in [0.717, 1.165) is 11.1 Å². The maximum Gasteiger partial charge on any atom is 0.292 e. The van der Waals surface area contributed by atoms with E-state index in [0.29, 0.717) is 18.0 Å². The van der Waals surface area contributed by atoms with Crippen molar-refractivity contribution in [1.29, 1.82) is 0 Å². The Hall–Kier alpha value is -2.60. The predicted octanol–water partition coefficient (Wildman–Crippen LogP) is 2.71. The smallest absolute Gasteiger partial charge is 0.292 e. The second-order valence-corrected chi connectivity index (χ2v) is 4.45. The Labute approximate surface area is 122 Å². The fraction of sp³-hybridized carbons (Fsp3) is 0.200. The number of anilines is 1. The fourth-order valence-corrected chi connectivity index (χ4v) is 1.93. The Morgan fingerprint density at radius 1 is 1.24 bits per heavy atom. The van der Waals surface area contributed by atoms with Crippen molar-refractivity contribution in [3.05, 3.63) is 63.7 Å². The molecule has 0 saturated heterocycles. The molecule has 6 nitrogen and oxygen atoms in total. The molecule has 0 fully saturated rings. The number of rotatable bonds is 6. The van der Waals surface area contributed by atoms with Crippen molar-refractivity contribution in [2.75, 3.05) is 12.4 Å². The molecular formula is C15H16N2O4. The van der Waals surface area contributed by atoms with Gasteiger partial charge < -0.3 is 15.2 Å². The van der Waals surface area contributed by atoms with Gasteiger partial charge in [0.05, 0.1) is 11.5 Å². The highest BCUT2D eigenvalue weighted by Gasteiger charge is 2.12. The van der Waals surface area contributed by atoms with E-state index < -0.39 is 4.92 Å². The van der Waals surface area contributed by atoms with Crippen LogP contribution < -0.4 is 10.1 Å². The van der Waals surface area contributed by atoms with Crippen LogP contribution in [0.25, 0.3) is 0 Å². The number of hydrogen-bond donors (Lipinski definition) is 2. The molecule has 0 radical (unpaired) electrons. The van der Waals surface area contributed by atoms with Crippen LogP contribution >= 0.6 is 0 Å². The Kier molecular flexibility index (Phi) is 4.73. The van der Waals surface area contributed by atoms with Crippen LogP contribution in [0, 0.1) is 10.1 Å². The molecule has 0 spiro atoms. The molecule has 0 aromatic heterocycles. The van der Waals surface area contributed by atoms with E-state index in [1.165, 1.54) is 6.07 Å². The van der Waals surface area contributed by atoms with Gasteiger partial charge in [0.1, 0.15) is 18.0 Å². The van der Waals surface area contributed by atoms with Crippen molar-refractivity contribution in [3.8, 4) is 5.75 Å². The van der Waals surface area contributed by atoms with Gasteiger partial charge in [0.2, 0.25) is 0 Å². The van der Waals surface area contributed by atoms with Crippen molar-refractivity contribution in [1.82, 2.24) is 0 Å². The van der Waals surface area contributed by atoms with Crippen LogP contribution in [0.15, 0.2) is 42.5 Å². The van der Waals surface area contributed by atoms with Gasteiger partial charge in [-0.3, -0.25) is 10.1 Å². The first-order valence-electron chi connectivity index (χ1n) is 6.41. The molecule has 21 heavy (non-hydrogen) atoms. The van der Waals surface area contributed by atoms with Crippen LogP contribution in [0.4, 0.5) is 11.4 Å². The highest BCUT2D eigenvalue weighted by molar-refractivity contribution is 5.62. The van der Waals surface area contributed by atoms with Gasteiger partial charge in [-0.05, 0) is 35.4 Å². The monoisotopic (exact) mass is 288 g/mol. The molecule has 6 heteroatoms. The summed E-state index contributed by atoms with van der Waals surface area (Å²) in [6, 6.07) is 12.0. The molecule has 2 rings (SSSR count). The summed E-state index contributed by atoms with van der Waals surface area (Å²) in [6.07, 6.45) is 0. The SMILES string of the molecule is CNc1cc(COc2cccc(CO)c2)ccc1[N+](=O)[O-]. The summed E-state index contributed by atoms with van der Waals surface area (Å²) in [7, 11) is 1.64. The summed E-state index contributed by atoms with van der Waals surface area (Å²) in [5.74, 6) is 0.644. The minimum absolute atomic E-state index is 0.0310. The molecule has 2 aromatic carbocycles. The molecule has 0 heterocycles. The van der Waals surface area contributed by atoms with Crippen molar-refractivity contribution in [2.24, 2.45) is 0 Å². The van der Waals surface area contributed by atoms with Crippen molar-refractivity contribution < 1.29 is 14.8 Å². The number of aliphatic hydroxyl groups excluding tert-OH is 1. The van der Waals surface area contributed by atoms with E-state index in [9.17, 15) is 10.1 Å². The van der Waals surface area contributed by atoms with E-state index in [-0.39, 0.29) is 12.3 Å². The standard InChI is InChI=1S/C15H16N2O4/c1-16-14-8-12(5-6-15(14)17(19)20)10-21-13-4-2-3-11(7-13)9-18/h2-8,16,18H,9-10H2,1H3. The lowest BCUT2D eigenvalue weighted by atomic mass is 10.2. The number of aliphatic hydroxyl groups is 1. The van der Waals surface area contributed by atoms with Crippen molar-refractivity contribution >= 4 is 11.4 Å². The molecule has 0 saturated carbocycles. The zero-order chi connectivity index (χ0) is 15.2. The number of benzene rings is 2. The number of hydrogen-bond acceptors (Lipinski definition) is 5. The average molecular weight is 288 g/mol. The number of nitro benzene ring substituents is 1. The second-order valence-electron chi connectivity index (χ2n) is 4.45. The summed E-state index contributed by atoms with van der Waals surface area (Å²) in [4.78, 5) is 10.4. The molecule has 2 aromatic rings. The van der Waals surface area contributed by atoms with E-state index >= 15 is 0 Å². The van der Waals surface area contributed by atoms with Crippen LogP contribution in [0.5, 0.6) is 5.75 Å². The van der Waals surface area contributed by atoms with Crippen LogP contribution in [-0.4, -0.2) is 17.1 Å². The molecule has 0 aliphatic rings. The van der Waals surface area contributed by atoms with E-state index in [1.807, 2.05) is 0 Å². The van der Waals surface area contributed by atoms with Gasteiger partial charge in [-0.15, -0.1) is 0 Å². The summed E-state index contributed by atoms with van der Waals surface area (Å²) < 4.78 is 5.63. The van der Waals surface area contributed by atoms with Gasteiger partial charge in [0, 0.05) is 13.1 Å². The minimum Gasteiger partial charge on any atom is -0.489 e. The molecule has 0 unspecified atom stereocenters. The first-order chi connectivity index (χ1) is 10.1. The predicted molar refractivity (Wildman–Crippen MR) is 79.3 cm³/mol. The third-order valence-corrected chi connectivity index (χ3v) is 3.01. The van der Waals surface area contributed by atoms with Crippen LogP contribution in [-0.2, 0) is 13.2 Å². The van der Waals surface area contributed by atoms with Gasteiger partial charge in [-0.2, -0.15) is 0 Å². The third-order valence-electron chi connectivity index (χ3n) is 3.01. The minimum atomic E-state index is -0.429. The summed E-state index contributed by atoms with van der Waals surface area (Å²) in [5, 5.41) is 22.7. The molecule has 0 aliphatic carbocycles. The topological polar surface area (TPSA) is 84.6 Å². The lowest BCUT2D eigenvalue weighted by molar-refractivity contribution is -0.384. The molecule has 0 atom stereocenters. The Morgan fingerprint density at radius 3 is 2.71 bits per heavy atom. The highest BCUT2D eigenvalue weighted by Crippen LogP contribution is 2.25. The van der Waals surface area contributed by atoms with E-state index in [2.05, 4.69) is 5.32 Å². The van der Waals surface area contributed by atoms with E-state index in [4.69, 9.17) is 9.84 Å². The van der Waals surface area contributed by atoms with Gasteiger partial charge in [0.15, 0.2) is 0 Å². The zero-order valence-corrected chi connectivity index (χ0v) is 11.6. The van der Waals surface area contributed by atoms with Crippen LogP contribution in [0.3, 0.4) is 0 Å². The zero-order valence-electron chi connectivity index (χ0n) is 11.6. The maximum absolute atomic E-state index is 10.9. The Balaban J connectivity index is 2.11. The van der Waals surface area contributed by atoms with Gasteiger partial charge in [-0.1, -0.05) is 12.1 Å². The molecular weight excluding hydrogens is 272 g/mol. The first kappa shape index (κ1) is 14.8. The summed E-state index contributed by atoms with van der Waals surface area (Å²) in [6.45, 7) is 0.250. The summed E-state index contributed by atoms with van der Waals surface area (Å²) in [5.41, 5.74) is 2.07. The normalized spacial score (nSPS) is 10.2. The molecule has 2 N–H and O–H groups in total. The largest absolute Gasteiger partial charge is 0.489 e. The highest BCUT2D eigenvalue weighted by atomic mass is 16.6. The number of nitro groups is 1. The van der Waals surface area contributed by atoms with Crippen molar-refractivity contribution in [3.63, 3.8) is 0 Å². The molecule has 110 valence electrons. The lowest BCUT2D eigenvalue weighted by Gasteiger charge is -2.09. The van der Waals surface area contributed by atoms with Gasteiger partial charge in [-0.25, -0.2) is 0 Å². The quantitative estimate of drug-likeness (QED) is 0.630. The van der Waals surface area contributed by atoms with Gasteiger partial charge in [0.25, 0.3) is 5.69 Å². The van der Waals surface area contributed by atoms with Crippen LogP contribution in [0.2, 0.25) is 0 Å². The molecule has 0 amide bonds. The maximum atomic E-state index is 10.9. The molecule has 0 bridgehead atoms. The summed E-state index contributed by atoms with van der Waals surface area (Å²) >= 11 is 0. The Morgan fingerprint density at radius 2 is 2.05 bits per heavy atom. The number of nitrogens with one attached hydrogen (secondary N) is 1. The number of nitrogens with zero attached hydrogens (tertiary/aromatic N) is 1. The second kappa shape index (κ2) is 6.71. The van der Waals surface area contributed by atoms with Crippen molar-refractivity contribution in [2.45, 2.75) is 13.2 Å². The van der Waals surface area contributed by atoms with Crippen LogP contribution in [0.1, 0.15) is 11.1 Å². The van der Waals surface area contributed by atoms with E-state index in [1.54, 1.807) is 43.4 Å². The average Bonchev–Trinajstić information content (AvgIpc) is 2.52. The number of ether oxygens (including phenoxy) is 1. The molecule has 0 aliphatic heterocycles. The van der Waals surface area contributed by atoms with Gasteiger partial charge >= 0.3 is 0 Å². The lowest BCUT2D eigenvalue weighted by Crippen LogP contribution is -2.00.